The van der Waals surface area contributed by atoms with Gasteiger partial charge in [0.25, 0.3) is 0 Å². The minimum absolute atomic E-state index is 0.0888. The van der Waals surface area contributed by atoms with E-state index in [1.54, 1.807) is 0 Å². The number of hydrogen-bond donors (Lipinski definition) is 0. The highest BCUT2D eigenvalue weighted by molar-refractivity contribution is 5.71. The Morgan fingerprint density at radius 2 is 0.513 bits per heavy atom. The van der Waals surface area contributed by atoms with Gasteiger partial charge in [0.2, 0.25) is 0 Å². The largest absolute Gasteiger partial charge is 0.462 e. The first kappa shape index (κ1) is 72.3. The van der Waals surface area contributed by atoms with Gasteiger partial charge in [0.15, 0.2) is 6.10 Å². The Hall–Kier alpha value is -3.67. The molecule has 0 N–H and O–H groups in total. The van der Waals surface area contributed by atoms with Crippen LogP contribution < -0.4 is 0 Å². The molecule has 0 saturated carbocycles. The molecule has 0 aliphatic rings. The molecule has 0 fully saturated rings. The molecule has 0 rings (SSSR count). The molecule has 0 amide bonds. The van der Waals surface area contributed by atoms with Crippen LogP contribution >= 0.6 is 0 Å². The lowest BCUT2D eigenvalue weighted by atomic mass is 10.0. The van der Waals surface area contributed by atoms with E-state index in [9.17, 15) is 14.4 Å². The van der Waals surface area contributed by atoms with Crippen molar-refractivity contribution in [3.05, 3.63) is 97.2 Å². The van der Waals surface area contributed by atoms with Crippen LogP contribution in [0.5, 0.6) is 0 Å². The summed E-state index contributed by atoms with van der Waals surface area (Å²) in [5.74, 6) is -0.918. The molecule has 0 aromatic carbocycles. The van der Waals surface area contributed by atoms with Gasteiger partial charge in [-0.05, 0) is 103 Å². The molecular weight excluding hydrogens is 937 g/mol. The van der Waals surface area contributed by atoms with Crippen molar-refractivity contribution in [2.24, 2.45) is 0 Å². The summed E-state index contributed by atoms with van der Waals surface area (Å²) < 4.78 is 16.8. The number of allylic oxidation sites excluding steroid dienone is 16. The Bertz CT molecular complexity index is 1490. The first-order chi connectivity index (χ1) is 37.5. The van der Waals surface area contributed by atoms with Crippen molar-refractivity contribution in [1.82, 2.24) is 0 Å². The van der Waals surface area contributed by atoms with E-state index >= 15 is 0 Å². The highest BCUT2D eigenvalue weighted by Gasteiger charge is 2.19. The molecule has 0 radical (unpaired) electrons. The van der Waals surface area contributed by atoms with Gasteiger partial charge >= 0.3 is 17.9 Å². The Morgan fingerprint density at radius 3 is 0.816 bits per heavy atom. The molecule has 0 saturated heterocycles. The highest BCUT2D eigenvalue weighted by atomic mass is 16.6. The Labute approximate surface area is 470 Å². The van der Waals surface area contributed by atoms with Crippen molar-refractivity contribution in [2.45, 2.75) is 316 Å². The van der Waals surface area contributed by atoms with E-state index in [4.69, 9.17) is 14.2 Å². The Balaban J connectivity index is 4.14. The monoisotopic (exact) mass is 1060 g/mol. The van der Waals surface area contributed by atoms with Crippen LogP contribution in [-0.2, 0) is 28.6 Å². The number of unbranched alkanes of at least 4 members (excludes halogenated alkanes) is 31. The second kappa shape index (κ2) is 63.9. The van der Waals surface area contributed by atoms with Crippen LogP contribution in [0.15, 0.2) is 97.2 Å². The lowest BCUT2D eigenvalue weighted by molar-refractivity contribution is -0.167. The number of esters is 3. The molecule has 1 atom stereocenters. The van der Waals surface area contributed by atoms with Crippen molar-refractivity contribution in [1.29, 1.82) is 0 Å². The van der Waals surface area contributed by atoms with Crippen LogP contribution in [0.2, 0.25) is 0 Å². The van der Waals surface area contributed by atoms with Crippen molar-refractivity contribution < 1.29 is 28.6 Å². The molecule has 0 aliphatic carbocycles. The summed E-state index contributed by atoms with van der Waals surface area (Å²) in [5.41, 5.74) is 0. The molecule has 0 aromatic heterocycles. The van der Waals surface area contributed by atoms with E-state index < -0.39 is 6.10 Å². The van der Waals surface area contributed by atoms with Gasteiger partial charge in [0, 0.05) is 19.3 Å². The summed E-state index contributed by atoms with van der Waals surface area (Å²) >= 11 is 0. The second-order valence-corrected chi connectivity index (χ2v) is 21.3. The summed E-state index contributed by atoms with van der Waals surface area (Å²) in [6, 6.07) is 0. The van der Waals surface area contributed by atoms with Gasteiger partial charge in [-0.2, -0.15) is 0 Å². The summed E-state index contributed by atoms with van der Waals surface area (Å²) in [6.07, 6.45) is 85.9. The molecule has 6 nitrogen and oxygen atoms in total. The maximum atomic E-state index is 12.8. The number of ether oxygens (including phenoxy) is 3. The van der Waals surface area contributed by atoms with Gasteiger partial charge in [-0.25, -0.2) is 0 Å². The normalized spacial score (nSPS) is 12.7. The molecule has 436 valence electrons. The Kier molecular flexibility index (Phi) is 60.8. The topological polar surface area (TPSA) is 78.9 Å². The zero-order valence-electron chi connectivity index (χ0n) is 50.0. The smallest absolute Gasteiger partial charge is 0.306 e. The quantitative estimate of drug-likeness (QED) is 0.0261. The maximum Gasteiger partial charge on any atom is 0.306 e. The van der Waals surface area contributed by atoms with E-state index in [0.717, 1.165) is 109 Å². The van der Waals surface area contributed by atoms with Gasteiger partial charge in [-0.1, -0.05) is 285 Å². The van der Waals surface area contributed by atoms with Gasteiger partial charge in [0.1, 0.15) is 13.2 Å². The van der Waals surface area contributed by atoms with E-state index in [2.05, 4.69) is 118 Å². The van der Waals surface area contributed by atoms with E-state index in [1.807, 2.05) is 0 Å². The third-order valence-electron chi connectivity index (χ3n) is 13.8. The SMILES string of the molecule is CC/C=C\C/C=C\C/C=C\C/C=C\C/C=C\CCCCCC(=O)OC(COC(=O)CCCCCCCCCC)COC(=O)CCCCCCCCCCCCCCCCCC/C=C\C/C=C\C/C=C\CCCCCCC. The number of rotatable bonds is 58. The van der Waals surface area contributed by atoms with Gasteiger partial charge in [-0.15, -0.1) is 0 Å². The summed E-state index contributed by atoms with van der Waals surface area (Å²) in [4.78, 5) is 38.1. The van der Waals surface area contributed by atoms with Crippen LogP contribution in [0.1, 0.15) is 310 Å². The molecule has 1 unspecified atom stereocenters. The summed E-state index contributed by atoms with van der Waals surface area (Å²) in [6.45, 7) is 6.48. The first-order valence-corrected chi connectivity index (χ1v) is 32.2. The Morgan fingerprint density at radius 1 is 0.276 bits per heavy atom. The van der Waals surface area contributed by atoms with Crippen LogP contribution in [-0.4, -0.2) is 37.2 Å². The average molecular weight is 1060 g/mol. The lowest BCUT2D eigenvalue weighted by Gasteiger charge is -2.18. The zero-order valence-corrected chi connectivity index (χ0v) is 50.0. The predicted molar refractivity (Wildman–Crippen MR) is 330 cm³/mol. The fourth-order valence-corrected chi connectivity index (χ4v) is 9.01. The van der Waals surface area contributed by atoms with E-state index in [1.165, 1.54) is 161 Å². The summed E-state index contributed by atoms with van der Waals surface area (Å²) in [5, 5.41) is 0. The van der Waals surface area contributed by atoms with E-state index in [-0.39, 0.29) is 31.1 Å². The van der Waals surface area contributed by atoms with Crippen molar-refractivity contribution in [3.8, 4) is 0 Å². The summed E-state index contributed by atoms with van der Waals surface area (Å²) in [7, 11) is 0. The molecule has 0 heterocycles. The molecule has 0 aromatic rings. The van der Waals surface area contributed by atoms with E-state index in [0.29, 0.717) is 19.3 Å². The zero-order chi connectivity index (χ0) is 55.0. The van der Waals surface area contributed by atoms with Crippen molar-refractivity contribution >= 4 is 17.9 Å². The standard InChI is InChI=1S/C70H120O6/c1-4-7-10-13-16-19-21-23-25-27-29-30-31-32-33-34-35-36-37-38-39-40-42-43-45-47-49-51-54-57-60-63-69(72)75-66-67(65-74-68(71)62-59-56-53-18-15-12-9-6-3)76-70(73)64-61-58-55-52-50-48-46-44-41-28-26-24-22-20-17-14-11-8-5-2/h8,11,17,20-21,23-24,26-27,29,31-32,41,44,48,50,67H,4-7,9-10,12-16,18-19,22,25,28,30,33-40,42-43,45-47,49,51-66H2,1-3H3/b11-8-,20-17-,23-21-,26-24-,29-27-,32-31-,44-41-,50-48-. The lowest BCUT2D eigenvalue weighted by Crippen LogP contribution is -2.30. The van der Waals surface area contributed by atoms with Crippen LogP contribution in [0, 0.1) is 0 Å². The predicted octanol–water partition coefficient (Wildman–Crippen LogP) is 22.0. The minimum Gasteiger partial charge on any atom is -0.462 e. The van der Waals surface area contributed by atoms with Crippen LogP contribution in [0.4, 0.5) is 0 Å². The second-order valence-electron chi connectivity index (χ2n) is 21.3. The fourth-order valence-electron chi connectivity index (χ4n) is 9.01. The van der Waals surface area contributed by atoms with Crippen LogP contribution in [0.3, 0.4) is 0 Å². The highest BCUT2D eigenvalue weighted by Crippen LogP contribution is 2.16. The molecule has 6 heteroatoms. The molecule has 76 heavy (non-hydrogen) atoms. The number of carbonyl (C=O) groups is 3. The van der Waals surface area contributed by atoms with Gasteiger partial charge in [-0.3, -0.25) is 14.4 Å². The van der Waals surface area contributed by atoms with Crippen LogP contribution in [0.25, 0.3) is 0 Å². The van der Waals surface area contributed by atoms with Crippen molar-refractivity contribution in [3.63, 3.8) is 0 Å². The fraction of sp³-hybridized carbons (Fsp3) is 0.729. The minimum atomic E-state index is -0.793. The third-order valence-corrected chi connectivity index (χ3v) is 13.8. The van der Waals surface area contributed by atoms with Crippen molar-refractivity contribution in [2.75, 3.05) is 13.2 Å². The average Bonchev–Trinajstić information content (AvgIpc) is 3.42. The third kappa shape index (κ3) is 61.2. The number of hydrogen-bond acceptors (Lipinski definition) is 6. The maximum absolute atomic E-state index is 12.8. The first-order valence-electron chi connectivity index (χ1n) is 32.2. The van der Waals surface area contributed by atoms with Gasteiger partial charge in [0.05, 0.1) is 0 Å². The van der Waals surface area contributed by atoms with Gasteiger partial charge < -0.3 is 14.2 Å². The molecule has 0 bridgehead atoms. The number of carbonyl (C=O) groups excluding carboxylic acids is 3. The molecule has 0 aliphatic heterocycles. The molecular formula is C70H120O6. The molecule has 0 spiro atoms.